The van der Waals surface area contributed by atoms with E-state index in [1.54, 1.807) is 37.6 Å². The Labute approximate surface area is 173 Å². The maximum Gasteiger partial charge on any atom is 0.392 e. The minimum atomic E-state index is -4.31. The van der Waals surface area contributed by atoms with Gasteiger partial charge in [-0.05, 0) is 12.1 Å². The first kappa shape index (κ1) is 20.3. The number of pyridine rings is 1. The van der Waals surface area contributed by atoms with E-state index in [1.807, 2.05) is 0 Å². The normalized spacial score (nSPS) is 11.6. The molecule has 0 fully saturated rings. The molecular formula is C19H16F3N7O2. The van der Waals surface area contributed by atoms with Crippen LogP contribution in [-0.4, -0.2) is 48.4 Å². The van der Waals surface area contributed by atoms with Crippen LogP contribution in [0.15, 0.2) is 43.0 Å². The van der Waals surface area contributed by atoms with E-state index < -0.39 is 19.2 Å². The first-order valence-corrected chi connectivity index (χ1v) is 9.08. The molecule has 12 heteroatoms. The van der Waals surface area contributed by atoms with Crippen molar-refractivity contribution in [2.45, 2.75) is 12.6 Å². The lowest BCUT2D eigenvalue weighted by Crippen LogP contribution is -2.13. The number of halogens is 3. The van der Waals surface area contributed by atoms with E-state index in [0.29, 0.717) is 28.3 Å². The zero-order chi connectivity index (χ0) is 22.0. The molecule has 0 aliphatic heterocycles. The number of H-pyrrole nitrogens is 1. The van der Waals surface area contributed by atoms with Crippen LogP contribution in [0, 0.1) is 0 Å². The number of alkyl halides is 3. The van der Waals surface area contributed by atoms with Gasteiger partial charge < -0.3 is 15.0 Å². The molecule has 0 saturated heterocycles. The number of rotatable bonds is 6. The molecule has 9 nitrogen and oxygen atoms in total. The highest BCUT2D eigenvalue weighted by atomic mass is 19.4. The molecule has 1 amide bonds. The number of hydrogen-bond donors (Lipinski definition) is 2. The van der Waals surface area contributed by atoms with E-state index in [1.165, 1.54) is 17.1 Å². The van der Waals surface area contributed by atoms with Gasteiger partial charge in [0.15, 0.2) is 0 Å². The number of fused-ring (bicyclic) bond motifs is 1. The van der Waals surface area contributed by atoms with Crippen LogP contribution in [0.4, 0.5) is 19.0 Å². The number of hydrogen-bond acceptors (Lipinski definition) is 6. The molecule has 0 aliphatic rings. The van der Waals surface area contributed by atoms with Gasteiger partial charge in [-0.25, -0.2) is 9.97 Å². The first-order valence-electron chi connectivity index (χ1n) is 9.08. The number of amides is 1. The number of carbonyl (C=O) groups excluding carboxylic acids is 1. The SMILES string of the molecule is Cn1cc(C(=O)Nc2cc3[nH]c(-c4ccnc(OCCC(F)(F)F)n4)cc3cn2)cn1. The third-order valence-electron chi connectivity index (χ3n) is 4.24. The molecule has 4 heterocycles. The largest absolute Gasteiger partial charge is 0.463 e. The van der Waals surface area contributed by atoms with E-state index >= 15 is 0 Å². The third kappa shape index (κ3) is 4.97. The Bertz CT molecular complexity index is 1230. The second-order valence-corrected chi connectivity index (χ2v) is 6.63. The minimum absolute atomic E-state index is 0.150. The van der Waals surface area contributed by atoms with Crippen molar-refractivity contribution in [3.05, 3.63) is 48.5 Å². The Balaban J connectivity index is 1.50. The van der Waals surface area contributed by atoms with Crippen molar-refractivity contribution < 1.29 is 22.7 Å². The van der Waals surface area contributed by atoms with Crippen LogP contribution in [0.3, 0.4) is 0 Å². The molecule has 160 valence electrons. The Morgan fingerprint density at radius 2 is 2.10 bits per heavy atom. The average molecular weight is 431 g/mol. The second kappa shape index (κ2) is 8.05. The van der Waals surface area contributed by atoms with E-state index in [9.17, 15) is 18.0 Å². The summed E-state index contributed by atoms with van der Waals surface area (Å²) < 4.78 is 43.3. The quantitative estimate of drug-likeness (QED) is 0.485. The summed E-state index contributed by atoms with van der Waals surface area (Å²) in [6, 6.07) is 4.88. The zero-order valence-electron chi connectivity index (χ0n) is 16.1. The number of aromatic nitrogens is 6. The van der Waals surface area contributed by atoms with Crippen LogP contribution in [0.25, 0.3) is 22.3 Å². The van der Waals surface area contributed by atoms with E-state index in [0.717, 1.165) is 5.39 Å². The summed E-state index contributed by atoms with van der Waals surface area (Å²) in [5.41, 5.74) is 2.12. The maximum atomic E-state index is 12.3. The number of anilines is 1. The van der Waals surface area contributed by atoms with Crippen molar-refractivity contribution in [1.82, 2.24) is 29.7 Å². The van der Waals surface area contributed by atoms with Crippen molar-refractivity contribution in [1.29, 1.82) is 0 Å². The Hall–Kier alpha value is -3.96. The van der Waals surface area contributed by atoms with Gasteiger partial charge in [0.25, 0.3) is 5.91 Å². The summed E-state index contributed by atoms with van der Waals surface area (Å²) in [5, 5.41) is 7.41. The van der Waals surface area contributed by atoms with Gasteiger partial charge in [0.05, 0.1) is 35.1 Å². The monoisotopic (exact) mass is 431 g/mol. The van der Waals surface area contributed by atoms with Crippen molar-refractivity contribution in [2.75, 3.05) is 11.9 Å². The second-order valence-electron chi connectivity index (χ2n) is 6.63. The summed E-state index contributed by atoms with van der Waals surface area (Å²) in [5.74, 6) is -0.00297. The van der Waals surface area contributed by atoms with Crippen molar-refractivity contribution >= 4 is 22.6 Å². The van der Waals surface area contributed by atoms with Crippen molar-refractivity contribution in [3.8, 4) is 17.4 Å². The predicted molar refractivity (Wildman–Crippen MR) is 104 cm³/mol. The fourth-order valence-corrected chi connectivity index (χ4v) is 2.78. The molecule has 0 bridgehead atoms. The predicted octanol–water partition coefficient (Wildman–Crippen LogP) is 3.34. The molecule has 0 unspecified atom stereocenters. The van der Waals surface area contributed by atoms with E-state index in [4.69, 9.17) is 4.74 Å². The fourth-order valence-electron chi connectivity index (χ4n) is 2.78. The van der Waals surface area contributed by atoms with Gasteiger partial charge >= 0.3 is 12.2 Å². The van der Waals surface area contributed by atoms with Gasteiger partial charge in [-0.3, -0.25) is 9.48 Å². The smallest absolute Gasteiger partial charge is 0.392 e. The van der Waals surface area contributed by atoms with Gasteiger partial charge in [-0.1, -0.05) is 0 Å². The maximum absolute atomic E-state index is 12.3. The molecular weight excluding hydrogens is 415 g/mol. The summed E-state index contributed by atoms with van der Waals surface area (Å²) in [7, 11) is 1.71. The van der Waals surface area contributed by atoms with Gasteiger partial charge in [-0.2, -0.15) is 23.3 Å². The van der Waals surface area contributed by atoms with Crippen LogP contribution >= 0.6 is 0 Å². The summed E-state index contributed by atoms with van der Waals surface area (Å²) in [4.78, 5) is 27.6. The molecule has 0 spiro atoms. The highest BCUT2D eigenvalue weighted by molar-refractivity contribution is 6.04. The summed E-state index contributed by atoms with van der Waals surface area (Å²) in [6.45, 7) is -0.566. The van der Waals surface area contributed by atoms with Gasteiger partial charge in [0.1, 0.15) is 12.4 Å². The third-order valence-corrected chi connectivity index (χ3v) is 4.24. The van der Waals surface area contributed by atoms with Crippen LogP contribution < -0.4 is 10.1 Å². The van der Waals surface area contributed by atoms with E-state index in [-0.39, 0.29) is 11.9 Å². The average Bonchev–Trinajstić information content (AvgIpc) is 3.33. The molecule has 0 aliphatic carbocycles. The van der Waals surface area contributed by atoms with Gasteiger partial charge in [0.2, 0.25) is 0 Å². The molecule has 0 radical (unpaired) electrons. The standard InChI is InChI=1S/C19H16F3N7O2/c1-29-10-12(9-25-29)17(30)28-16-7-14-11(8-24-16)6-15(26-14)13-2-4-23-18(27-13)31-5-3-19(20,21)22/h2,4,6-10,26H,3,5H2,1H3,(H,24,28,30). The number of aryl methyl sites for hydroxylation is 1. The molecule has 4 aromatic heterocycles. The Morgan fingerprint density at radius 1 is 1.26 bits per heavy atom. The number of carbonyl (C=O) groups is 1. The number of nitrogens with zero attached hydrogens (tertiary/aromatic N) is 5. The van der Waals surface area contributed by atoms with Crippen molar-refractivity contribution in [3.63, 3.8) is 0 Å². The Morgan fingerprint density at radius 3 is 2.84 bits per heavy atom. The van der Waals surface area contributed by atoms with Crippen LogP contribution in [-0.2, 0) is 7.05 Å². The van der Waals surface area contributed by atoms with E-state index in [2.05, 4.69) is 30.4 Å². The highest BCUT2D eigenvalue weighted by Crippen LogP contribution is 2.25. The lowest BCUT2D eigenvalue weighted by Gasteiger charge is -2.07. The molecule has 2 N–H and O–H groups in total. The first-order chi connectivity index (χ1) is 14.8. The fraction of sp³-hybridized carbons (Fsp3) is 0.211. The number of aromatic amines is 1. The Kier molecular flexibility index (Phi) is 5.28. The van der Waals surface area contributed by atoms with Crippen molar-refractivity contribution in [2.24, 2.45) is 7.05 Å². The topological polar surface area (TPSA) is 111 Å². The lowest BCUT2D eigenvalue weighted by molar-refractivity contribution is -0.139. The number of ether oxygens (including phenoxy) is 1. The molecule has 4 aromatic rings. The highest BCUT2D eigenvalue weighted by Gasteiger charge is 2.27. The molecule has 0 aromatic carbocycles. The van der Waals surface area contributed by atoms with Crippen LogP contribution in [0.5, 0.6) is 6.01 Å². The minimum Gasteiger partial charge on any atom is -0.463 e. The van der Waals surface area contributed by atoms with Crippen LogP contribution in [0.1, 0.15) is 16.8 Å². The molecule has 4 rings (SSSR count). The zero-order valence-corrected chi connectivity index (χ0v) is 16.1. The molecule has 0 saturated carbocycles. The molecule has 0 atom stereocenters. The van der Waals surface area contributed by atoms with Gasteiger partial charge in [-0.15, -0.1) is 0 Å². The molecule has 31 heavy (non-hydrogen) atoms. The van der Waals surface area contributed by atoms with Crippen LogP contribution in [0.2, 0.25) is 0 Å². The van der Waals surface area contributed by atoms with Gasteiger partial charge in [0, 0.05) is 37.1 Å². The summed E-state index contributed by atoms with van der Waals surface area (Å²) >= 11 is 0. The lowest BCUT2D eigenvalue weighted by atomic mass is 10.2. The summed E-state index contributed by atoms with van der Waals surface area (Å²) in [6.07, 6.45) is 0.608. The number of nitrogens with one attached hydrogen (secondary N) is 2.